The molecular weight excluding hydrogens is 282 g/mol. The summed E-state index contributed by atoms with van der Waals surface area (Å²) in [6.07, 6.45) is 3.26. The van der Waals surface area contributed by atoms with Gasteiger partial charge >= 0.3 is 0 Å². The molecule has 1 aromatic heterocycles. The SMILES string of the molecule is COc1ccc(NC(=O)C=Cc2cccs2)cc1Cl. The van der Waals surface area contributed by atoms with E-state index < -0.39 is 0 Å². The number of carbonyl (C=O) groups excluding carboxylic acids is 1. The zero-order valence-electron chi connectivity index (χ0n) is 10.2. The van der Waals surface area contributed by atoms with Gasteiger partial charge in [-0.1, -0.05) is 17.7 Å². The standard InChI is InChI=1S/C14H12ClNO2S/c1-18-13-6-4-10(9-12(13)15)16-14(17)7-5-11-3-2-8-19-11/h2-9H,1H3,(H,16,17). The van der Waals surface area contributed by atoms with Crippen LogP contribution in [-0.4, -0.2) is 13.0 Å². The molecule has 1 amide bonds. The van der Waals surface area contributed by atoms with E-state index in [4.69, 9.17) is 16.3 Å². The summed E-state index contributed by atoms with van der Waals surface area (Å²) >= 11 is 7.55. The van der Waals surface area contributed by atoms with Crippen molar-refractivity contribution in [3.8, 4) is 5.75 Å². The van der Waals surface area contributed by atoms with Gasteiger partial charge in [-0.3, -0.25) is 4.79 Å². The number of carbonyl (C=O) groups is 1. The number of ether oxygens (including phenoxy) is 1. The number of nitrogens with one attached hydrogen (secondary N) is 1. The number of halogens is 1. The van der Waals surface area contributed by atoms with Gasteiger partial charge in [0.2, 0.25) is 5.91 Å². The molecule has 2 rings (SSSR count). The Bertz CT molecular complexity index is 593. The molecular formula is C14H12ClNO2S. The third-order valence-corrected chi connectivity index (χ3v) is 3.49. The van der Waals surface area contributed by atoms with E-state index >= 15 is 0 Å². The molecule has 0 unspecified atom stereocenters. The maximum atomic E-state index is 11.7. The molecule has 0 saturated carbocycles. The van der Waals surface area contributed by atoms with Crippen molar-refractivity contribution in [2.45, 2.75) is 0 Å². The maximum absolute atomic E-state index is 11.7. The van der Waals surface area contributed by atoms with Gasteiger partial charge in [-0.25, -0.2) is 0 Å². The summed E-state index contributed by atoms with van der Waals surface area (Å²) in [6, 6.07) is 8.98. The highest BCUT2D eigenvalue weighted by Crippen LogP contribution is 2.27. The molecule has 3 nitrogen and oxygen atoms in total. The normalized spacial score (nSPS) is 10.6. The minimum absolute atomic E-state index is 0.199. The molecule has 0 aliphatic rings. The third-order valence-electron chi connectivity index (χ3n) is 2.36. The van der Waals surface area contributed by atoms with Gasteiger partial charge in [-0.05, 0) is 35.7 Å². The first-order chi connectivity index (χ1) is 9.19. The summed E-state index contributed by atoms with van der Waals surface area (Å²) in [5.74, 6) is 0.378. The van der Waals surface area contributed by atoms with Gasteiger partial charge in [0.1, 0.15) is 5.75 Å². The van der Waals surface area contributed by atoms with E-state index in [0.29, 0.717) is 16.5 Å². The summed E-state index contributed by atoms with van der Waals surface area (Å²) in [5.41, 5.74) is 0.631. The Kier molecular flexibility index (Phi) is 4.60. The lowest BCUT2D eigenvalue weighted by atomic mass is 10.3. The van der Waals surface area contributed by atoms with Crippen LogP contribution in [0.15, 0.2) is 41.8 Å². The molecule has 0 spiro atoms. The predicted molar refractivity (Wildman–Crippen MR) is 80.0 cm³/mol. The maximum Gasteiger partial charge on any atom is 0.248 e. The lowest BCUT2D eigenvalue weighted by molar-refractivity contribution is -0.111. The molecule has 5 heteroatoms. The topological polar surface area (TPSA) is 38.3 Å². The van der Waals surface area contributed by atoms with Crippen molar-refractivity contribution < 1.29 is 9.53 Å². The Morgan fingerprint density at radius 1 is 1.42 bits per heavy atom. The highest BCUT2D eigenvalue weighted by Gasteiger charge is 2.03. The number of hydrogen-bond acceptors (Lipinski definition) is 3. The van der Waals surface area contributed by atoms with E-state index in [9.17, 15) is 4.79 Å². The lowest BCUT2D eigenvalue weighted by Crippen LogP contribution is -2.07. The molecule has 98 valence electrons. The Balaban J connectivity index is 2.01. The number of methoxy groups -OCH3 is 1. The molecule has 19 heavy (non-hydrogen) atoms. The van der Waals surface area contributed by atoms with Gasteiger partial charge in [0.15, 0.2) is 0 Å². The fourth-order valence-corrected chi connectivity index (χ4v) is 2.35. The van der Waals surface area contributed by atoms with Crippen molar-refractivity contribution in [2.24, 2.45) is 0 Å². The second-order valence-corrected chi connectivity index (χ2v) is 5.07. The van der Waals surface area contributed by atoms with E-state index in [-0.39, 0.29) is 5.91 Å². The molecule has 0 aliphatic heterocycles. The van der Waals surface area contributed by atoms with Crippen LogP contribution in [0.3, 0.4) is 0 Å². The number of benzene rings is 1. The highest BCUT2D eigenvalue weighted by molar-refractivity contribution is 7.10. The summed E-state index contributed by atoms with van der Waals surface area (Å²) in [7, 11) is 1.54. The molecule has 2 aromatic rings. The molecule has 0 aliphatic carbocycles. The Morgan fingerprint density at radius 2 is 2.26 bits per heavy atom. The summed E-state index contributed by atoms with van der Waals surface area (Å²) in [4.78, 5) is 12.7. The van der Waals surface area contributed by atoms with Crippen molar-refractivity contribution in [3.05, 3.63) is 51.7 Å². The van der Waals surface area contributed by atoms with Gasteiger partial charge in [0, 0.05) is 16.6 Å². The van der Waals surface area contributed by atoms with Crippen LogP contribution in [0, 0.1) is 0 Å². The van der Waals surface area contributed by atoms with Crippen LogP contribution < -0.4 is 10.1 Å². The second kappa shape index (κ2) is 6.41. The molecule has 1 N–H and O–H groups in total. The second-order valence-electron chi connectivity index (χ2n) is 3.69. The van der Waals surface area contributed by atoms with E-state index in [2.05, 4.69) is 5.32 Å². The van der Waals surface area contributed by atoms with Crippen molar-refractivity contribution in [2.75, 3.05) is 12.4 Å². The van der Waals surface area contributed by atoms with Crippen molar-refractivity contribution >= 4 is 40.6 Å². The van der Waals surface area contributed by atoms with Crippen LogP contribution in [0.2, 0.25) is 5.02 Å². The molecule has 0 atom stereocenters. The fourth-order valence-electron chi connectivity index (χ4n) is 1.47. The summed E-state index contributed by atoms with van der Waals surface area (Å²) in [6.45, 7) is 0. The largest absolute Gasteiger partial charge is 0.495 e. The van der Waals surface area contributed by atoms with Crippen molar-refractivity contribution in [1.29, 1.82) is 0 Å². The van der Waals surface area contributed by atoms with Gasteiger partial charge < -0.3 is 10.1 Å². The monoisotopic (exact) mass is 293 g/mol. The van der Waals surface area contributed by atoms with E-state index in [0.717, 1.165) is 4.88 Å². The number of hydrogen-bond donors (Lipinski definition) is 1. The van der Waals surface area contributed by atoms with Gasteiger partial charge in [-0.2, -0.15) is 0 Å². The smallest absolute Gasteiger partial charge is 0.248 e. The number of thiophene rings is 1. The van der Waals surface area contributed by atoms with Crippen LogP contribution in [0.5, 0.6) is 5.75 Å². The zero-order chi connectivity index (χ0) is 13.7. The molecule has 0 bridgehead atoms. The summed E-state index contributed by atoms with van der Waals surface area (Å²) < 4.78 is 5.04. The van der Waals surface area contributed by atoms with Crippen LogP contribution in [0.25, 0.3) is 6.08 Å². The number of rotatable bonds is 4. The Morgan fingerprint density at radius 3 is 2.89 bits per heavy atom. The van der Waals surface area contributed by atoms with Crippen LogP contribution in [0.1, 0.15) is 4.88 Å². The molecule has 0 fully saturated rings. The quantitative estimate of drug-likeness (QED) is 0.863. The highest BCUT2D eigenvalue weighted by atomic mass is 35.5. The first-order valence-electron chi connectivity index (χ1n) is 5.55. The predicted octanol–water partition coefficient (Wildman–Crippen LogP) is 4.06. The van der Waals surface area contributed by atoms with Crippen LogP contribution in [0.4, 0.5) is 5.69 Å². The van der Waals surface area contributed by atoms with E-state index in [1.54, 1.807) is 42.7 Å². The Hall–Kier alpha value is -1.78. The van der Waals surface area contributed by atoms with Gasteiger partial charge in [-0.15, -0.1) is 11.3 Å². The zero-order valence-corrected chi connectivity index (χ0v) is 11.8. The molecule has 1 aromatic carbocycles. The minimum Gasteiger partial charge on any atom is -0.495 e. The molecule has 0 radical (unpaired) electrons. The van der Waals surface area contributed by atoms with Crippen molar-refractivity contribution in [1.82, 2.24) is 0 Å². The first kappa shape index (κ1) is 13.6. The molecule has 0 saturated heterocycles. The van der Waals surface area contributed by atoms with Gasteiger partial charge in [0.25, 0.3) is 0 Å². The average Bonchev–Trinajstić information content (AvgIpc) is 2.90. The summed E-state index contributed by atoms with van der Waals surface area (Å²) in [5, 5.41) is 5.16. The van der Waals surface area contributed by atoms with Crippen LogP contribution >= 0.6 is 22.9 Å². The third kappa shape index (κ3) is 3.84. The van der Waals surface area contributed by atoms with Gasteiger partial charge in [0.05, 0.1) is 12.1 Å². The first-order valence-corrected chi connectivity index (χ1v) is 6.81. The van der Waals surface area contributed by atoms with E-state index in [1.165, 1.54) is 6.08 Å². The number of amides is 1. The minimum atomic E-state index is -0.199. The fraction of sp³-hybridized carbons (Fsp3) is 0.0714. The number of anilines is 1. The van der Waals surface area contributed by atoms with E-state index in [1.807, 2.05) is 17.5 Å². The lowest BCUT2D eigenvalue weighted by Gasteiger charge is -2.06. The molecule has 1 heterocycles. The average molecular weight is 294 g/mol. The van der Waals surface area contributed by atoms with Crippen LogP contribution in [-0.2, 0) is 4.79 Å². The van der Waals surface area contributed by atoms with Crippen molar-refractivity contribution in [3.63, 3.8) is 0 Å². The Labute approximate surface area is 120 Å².